The summed E-state index contributed by atoms with van der Waals surface area (Å²) in [5.41, 5.74) is 0. The van der Waals surface area contributed by atoms with Crippen molar-refractivity contribution in [3.63, 3.8) is 0 Å². The first-order chi connectivity index (χ1) is 5.52. The van der Waals surface area contributed by atoms with Gasteiger partial charge in [0.1, 0.15) is 6.10 Å². The number of amides is 1. The van der Waals surface area contributed by atoms with E-state index in [1.807, 2.05) is 6.92 Å². The highest BCUT2D eigenvalue weighted by Gasteiger charge is 2.32. The lowest BCUT2D eigenvalue weighted by atomic mass is 10.1. The Balaban J connectivity index is 2.52. The van der Waals surface area contributed by atoms with Crippen LogP contribution in [-0.2, 0) is 4.79 Å². The van der Waals surface area contributed by atoms with E-state index in [0.717, 1.165) is 0 Å². The maximum Gasteiger partial charge on any atom is 0.251 e. The quantitative estimate of drug-likeness (QED) is 0.546. The Hall–Kier alpha value is -0.610. The normalized spacial score (nSPS) is 32.2. The molecule has 3 atom stereocenters. The first kappa shape index (κ1) is 9.48. The molecule has 1 saturated heterocycles. The van der Waals surface area contributed by atoms with Gasteiger partial charge in [-0.15, -0.1) is 0 Å². The van der Waals surface area contributed by atoms with E-state index >= 15 is 0 Å². The molecule has 1 heterocycles. The summed E-state index contributed by atoms with van der Waals surface area (Å²) in [6.07, 6.45) is -1.39. The van der Waals surface area contributed by atoms with Gasteiger partial charge in [-0.25, -0.2) is 0 Å². The van der Waals surface area contributed by atoms with Gasteiger partial charge in [-0.2, -0.15) is 0 Å². The van der Waals surface area contributed by atoms with E-state index in [0.29, 0.717) is 13.1 Å². The van der Waals surface area contributed by atoms with Crippen molar-refractivity contribution in [2.75, 3.05) is 13.1 Å². The van der Waals surface area contributed by atoms with Crippen LogP contribution in [0.3, 0.4) is 0 Å². The Morgan fingerprint density at radius 3 is 2.50 bits per heavy atom. The second-order valence-corrected chi connectivity index (χ2v) is 3.46. The molecule has 0 bridgehead atoms. The van der Waals surface area contributed by atoms with Crippen LogP contribution in [0.2, 0.25) is 0 Å². The molecule has 1 amide bonds. The standard InChI is InChI=1S/C8H15NO3/c1-5-3-9(4-7(5)11)8(12)6(2)10/h5-7,10-11H,3-4H2,1-2H3/t5-,6+,7-/m1/s1. The van der Waals surface area contributed by atoms with Gasteiger partial charge in [0.25, 0.3) is 5.91 Å². The molecule has 0 unspecified atom stereocenters. The van der Waals surface area contributed by atoms with E-state index in [2.05, 4.69) is 0 Å². The number of β-amino-alcohol motifs (C(OH)–C–C–N with tert-alkyl or cyclic N) is 1. The molecule has 70 valence electrons. The number of hydrogen-bond donors (Lipinski definition) is 2. The molecule has 0 saturated carbocycles. The van der Waals surface area contributed by atoms with Crippen molar-refractivity contribution < 1.29 is 15.0 Å². The Bertz CT molecular complexity index is 171. The van der Waals surface area contributed by atoms with Crippen molar-refractivity contribution in [1.82, 2.24) is 4.90 Å². The molecule has 0 aromatic carbocycles. The number of aliphatic hydroxyl groups excluding tert-OH is 2. The van der Waals surface area contributed by atoms with E-state index in [-0.39, 0.29) is 11.8 Å². The van der Waals surface area contributed by atoms with Gasteiger partial charge in [0, 0.05) is 19.0 Å². The zero-order chi connectivity index (χ0) is 9.30. The summed E-state index contributed by atoms with van der Waals surface area (Å²) in [4.78, 5) is 12.7. The number of carbonyl (C=O) groups excluding carboxylic acids is 1. The largest absolute Gasteiger partial charge is 0.391 e. The molecule has 0 aromatic heterocycles. The van der Waals surface area contributed by atoms with Gasteiger partial charge in [0.15, 0.2) is 0 Å². The number of aliphatic hydroxyl groups is 2. The van der Waals surface area contributed by atoms with Crippen LogP contribution in [0.25, 0.3) is 0 Å². The molecule has 1 fully saturated rings. The lowest BCUT2D eigenvalue weighted by Crippen LogP contribution is -2.36. The van der Waals surface area contributed by atoms with Crippen LogP contribution in [0.1, 0.15) is 13.8 Å². The van der Waals surface area contributed by atoms with Crippen LogP contribution in [0.4, 0.5) is 0 Å². The third-order valence-corrected chi connectivity index (χ3v) is 2.24. The van der Waals surface area contributed by atoms with Gasteiger partial charge >= 0.3 is 0 Å². The first-order valence-corrected chi connectivity index (χ1v) is 4.17. The molecular formula is C8H15NO3. The number of carbonyl (C=O) groups is 1. The highest BCUT2D eigenvalue weighted by atomic mass is 16.3. The average Bonchev–Trinajstić information content (AvgIpc) is 2.30. The van der Waals surface area contributed by atoms with Gasteiger partial charge < -0.3 is 15.1 Å². The average molecular weight is 173 g/mol. The smallest absolute Gasteiger partial charge is 0.251 e. The predicted octanol–water partition coefficient (Wildman–Crippen LogP) is -0.794. The van der Waals surface area contributed by atoms with Crippen LogP contribution >= 0.6 is 0 Å². The van der Waals surface area contributed by atoms with Crippen molar-refractivity contribution >= 4 is 5.91 Å². The molecule has 4 heteroatoms. The summed E-state index contributed by atoms with van der Waals surface area (Å²) in [5, 5.41) is 18.3. The van der Waals surface area contributed by atoms with Gasteiger partial charge in [-0.3, -0.25) is 4.79 Å². The monoisotopic (exact) mass is 173 g/mol. The zero-order valence-corrected chi connectivity index (χ0v) is 7.40. The van der Waals surface area contributed by atoms with Crippen molar-refractivity contribution in [2.45, 2.75) is 26.1 Å². The van der Waals surface area contributed by atoms with Gasteiger partial charge in [0.05, 0.1) is 6.10 Å². The summed E-state index contributed by atoms with van der Waals surface area (Å²) in [6.45, 7) is 4.23. The van der Waals surface area contributed by atoms with Crippen LogP contribution in [0, 0.1) is 5.92 Å². The summed E-state index contributed by atoms with van der Waals surface area (Å²) in [6, 6.07) is 0. The summed E-state index contributed by atoms with van der Waals surface area (Å²) in [7, 11) is 0. The van der Waals surface area contributed by atoms with E-state index in [1.54, 1.807) is 0 Å². The van der Waals surface area contributed by atoms with E-state index in [9.17, 15) is 9.90 Å². The third kappa shape index (κ3) is 1.76. The minimum absolute atomic E-state index is 0.118. The van der Waals surface area contributed by atoms with Crippen molar-refractivity contribution in [3.8, 4) is 0 Å². The Morgan fingerprint density at radius 1 is 1.58 bits per heavy atom. The number of likely N-dealkylation sites (tertiary alicyclic amines) is 1. The van der Waals surface area contributed by atoms with Crippen molar-refractivity contribution in [2.24, 2.45) is 5.92 Å². The molecule has 1 aliphatic rings. The summed E-state index contributed by atoms with van der Waals surface area (Å²) < 4.78 is 0. The number of nitrogens with zero attached hydrogens (tertiary/aromatic N) is 1. The van der Waals surface area contributed by atoms with E-state index < -0.39 is 12.2 Å². The SMILES string of the molecule is C[C@H](O)C(=O)N1C[C@@H](C)[C@H](O)C1. The second kappa shape index (κ2) is 3.41. The molecule has 2 N–H and O–H groups in total. The highest BCUT2D eigenvalue weighted by Crippen LogP contribution is 2.16. The predicted molar refractivity (Wildman–Crippen MR) is 43.4 cm³/mol. The summed E-state index contributed by atoms with van der Waals surface area (Å²) in [5.74, 6) is -0.175. The van der Waals surface area contributed by atoms with Crippen LogP contribution in [0.5, 0.6) is 0 Å². The van der Waals surface area contributed by atoms with Gasteiger partial charge in [0.2, 0.25) is 0 Å². The fraction of sp³-hybridized carbons (Fsp3) is 0.875. The topological polar surface area (TPSA) is 60.8 Å². The number of hydrogen-bond acceptors (Lipinski definition) is 3. The van der Waals surface area contributed by atoms with Crippen LogP contribution < -0.4 is 0 Å². The Morgan fingerprint density at radius 2 is 2.17 bits per heavy atom. The molecular weight excluding hydrogens is 158 g/mol. The van der Waals surface area contributed by atoms with Crippen LogP contribution in [0.15, 0.2) is 0 Å². The minimum Gasteiger partial charge on any atom is -0.391 e. The summed E-state index contributed by atoms with van der Waals surface area (Å²) >= 11 is 0. The molecule has 1 aliphatic heterocycles. The molecule has 0 aliphatic carbocycles. The molecule has 1 rings (SSSR count). The second-order valence-electron chi connectivity index (χ2n) is 3.46. The van der Waals surface area contributed by atoms with Gasteiger partial charge in [-0.05, 0) is 6.92 Å². The number of rotatable bonds is 1. The van der Waals surface area contributed by atoms with E-state index in [4.69, 9.17) is 5.11 Å². The molecule has 4 nitrogen and oxygen atoms in total. The molecule has 0 spiro atoms. The lowest BCUT2D eigenvalue weighted by molar-refractivity contribution is -0.138. The highest BCUT2D eigenvalue weighted by molar-refractivity contribution is 5.80. The molecule has 0 radical (unpaired) electrons. The first-order valence-electron chi connectivity index (χ1n) is 4.17. The Labute approximate surface area is 71.8 Å². The minimum atomic E-state index is -0.956. The van der Waals surface area contributed by atoms with Crippen molar-refractivity contribution in [3.05, 3.63) is 0 Å². The molecule has 0 aromatic rings. The molecule has 12 heavy (non-hydrogen) atoms. The lowest BCUT2D eigenvalue weighted by Gasteiger charge is -2.16. The third-order valence-electron chi connectivity index (χ3n) is 2.24. The Kier molecular flexibility index (Phi) is 2.69. The maximum atomic E-state index is 11.2. The van der Waals surface area contributed by atoms with Crippen LogP contribution in [-0.4, -0.2) is 46.3 Å². The maximum absolute atomic E-state index is 11.2. The van der Waals surface area contributed by atoms with E-state index in [1.165, 1.54) is 11.8 Å². The van der Waals surface area contributed by atoms with Gasteiger partial charge in [-0.1, -0.05) is 6.92 Å². The fourth-order valence-electron chi connectivity index (χ4n) is 1.39. The fourth-order valence-corrected chi connectivity index (χ4v) is 1.39. The van der Waals surface area contributed by atoms with Crippen molar-refractivity contribution in [1.29, 1.82) is 0 Å². The zero-order valence-electron chi connectivity index (χ0n) is 7.40.